The number of methoxy groups -OCH3 is 1. The zero-order chi connectivity index (χ0) is 10.9. The summed E-state index contributed by atoms with van der Waals surface area (Å²) in [6.45, 7) is 4.51. The Labute approximate surface area is 91.6 Å². The monoisotopic (exact) mass is 205 g/mol. The van der Waals surface area contributed by atoms with Gasteiger partial charge in [-0.1, -0.05) is 12.1 Å². The van der Waals surface area contributed by atoms with Crippen LogP contribution >= 0.6 is 0 Å². The fraction of sp³-hybridized carbons (Fsp3) is 0.538. The first-order valence-corrected chi connectivity index (χ1v) is 5.56. The molecule has 1 N–H and O–H groups in total. The van der Waals surface area contributed by atoms with E-state index in [0.717, 1.165) is 5.75 Å². The van der Waals surface area contributed by atoms with Crippen LogP contribution in [0.3, 0.4) is 0 Å². The molecule has 82 valence electrons. The number of hydrogen-bond acceptors (Lipinski definition) is 2. The van der Waals surface area contributed by atoms with Crippen molar-refractivity contribution in [3.8, 4) is 5.75 Å². The van der Waals surface area contributed by atoms with Crippen molar-refractivity contribution in [1.29, 1.82) is 0 Å². The van der Waals surface area contributed by atoms with Crippen molar-refractivity contribution in [2.45, 2.75) is 38.3 Å². The van der Waals surface area contributed by atoms with E-state index in [9.17, 15) is 0 Å². The summed E-state index contributed by atoms with van der Waals surface area (Å²) in [5, 5.41) is 3.64. The van der Waals surface area contributed by atoms with Crippen molar-refractivity contribution in [3.63, 3.8) is 0 Å². The third kappa shape index (κ3) is 2.00. The molecule has 0 bridgehead atoms. The van der Waals surface area contributed by atoms with E-state index in [0.29, 0.717) is 6.04 Å². The maximum Gasteiger partial charge on any atom is 0.119 e. The molecular formula is C13H19NO. The highest BCUT2D eigenvalue weighted by Gasteiger charge is 2.33. The molecule has 1 aromatic rings. The predicted octanol–water partition coefficient (Wildman–Crippen LogP) is 2.68. The van der Waals surface area contributed by atoms with Crippen molar-refractivity contribution in [1.82, 2.24) is 5.32 Å². The van der Waals surface area contributed by atoms with Gasteiger partial charge in [-0.3, -0.25) is 0 Å². The van der Waals surface area contributed by atoms with Crippen LogP contribution in [0, 0.1) is 0 Å². The lowest BCUT2D eigenvalue weighted by molar-refractivity contribution is 0.397. The molecule has 0 saturated carbocycles. The van der Waals surface area contributed by atoms with Gasteiger partial charge in [0.25, 0.3) is 0 Å². The number of rotatable bonds is 2. The first-order valence-electron chi connectivity index (χ1n) is 5.56. The maximum atomic E-state index is 5.26. The molecule has 15 heavy (non-hydrogen) atoms. The van der Waals surface area contributed by atoms with Crippen LogP contribution in [0.2, 0.25) is 0 Å². The van der Waals surface area contributed by atoms with Gasteiger partial charge in [0.05, 0.1) is 7.11 Å². The van der Waals surface area contributed by atoms with E-state index in [1.54, 1.807) is 7.11 Å². The van der Waals surface area contributed by atoms with Gasteiger partial charge in [0.2, 0.25) is 0 Å². The lowest BCUT2D eigenvalue weighted by atomic mass is 9.90. The summed E-state index contributed by atoms with van der Waals surface area (Å²) in [6.07, 6.45) is 2.44. The molecule has 1 saturated heterocycles. The smallest absolute Gasteiger partial charge is 0.119 e. The van der Waals surface area contributed by atoms with Crippen LogP contribution in [0.1, 0.15) is 32.3 Å². The average molecular weight is 205 g/mol. The van der Waals surface area contributed by atoms with E-state index in [2.05, 4.69) is 37.4 Å². The molecule has 1 aliphatic rings. The molecule has 2 heteroatoms. The third-order valence-electron chi connectivity index (χ3n) is 3.35. The number of nitrogens with one attached hydrogen (secondary N) is 1. The highest BCUT2D eigenvalue weighted by molar-refractivity contribution is 5.33. The highest BCUT2D eigenvalue weighted by Crippen LogP contribution is 2.34. The summed E-state index contributed by atoms with van der Waals surface area (Å²) < 4.78 is 5.26. The van der Waals surface area contributed by atoms with Gasteiger partial charge in [-0.2, -0.15) is 0 Å². The first-order chi connectivity index (χ1) is 7.14. The van der Waals surface area contributed by atoms with Crippen LogP contribution in [0.15, 0.2) is 24.3 Å². The Morgan fingerprint density at radius 2 is 2.27 bits per heavy atom. The van der Waals surface area contributed by atoms with Crippen LogP contribution in [0.4, 0.5) is 0 Å². The molecule has 2 rings (SSSR count). The Morgan fingerprint density at radius 1 is 1.47 bits per heavy atom. The quantitative estimate of drug-likeness (QED) is 0.801. The van der Waals surface area contributed by atoms with Gasteiger partial charge >= 0.3 is 0 Å². The maximum absolute atomic E-state index is 5.26. The molecule has 1 fully saturated rings. The van der Waals surface area contributed by atoms with E-state index < -0.39 is 0 Å². The molecule has 2 nitrogen and oxygen atoms in total. The number of hydrogen-bond donors (Lipinski definition) is 1. The van der Waals surface area contributed by atoms with E-state index in [-0.39, 0.29) is 5.54 Å². The SMILES string of the molecule is COc1cccc(C2(C)CCC(C)N2)c1. The van der Waals surface area contributed by atoms with Gasteiger partial charge in [0, 0.05) is 11.6 Å². The summed E-state index contributed by atoms with van der Waals surface area (Å²) in [5.74, 6) is 0.940. The zero-order valence-corrected chi connectivity index (χ0v) is 9.71. The normalized spacial score (nSPS) is 30.5. The van der Waals surface area contributed by atoms with Crippen LogP contribution in [-0.2, 0) is 5.54 Å². The summed E-state index contributed by atoms with van der Waals surface area (Å²) >= 11 is 0. The van der Waals surface area contributed by atoms with Crippen molar-refractivity contribution in [3.05, 3.63) is 29.8 Å². The molecule has 2 atom stereocenters. The van der Waals surface area contributed by atoms with E-state index in [4.69, 9.17) is 4.74 Å². The minimum atomic E-state index is 0.119. The van der Waals surface area contributed by atoms with Crippen LogP contribution in [0.25, 0.3) is 0 Å². The van der Waals surface area contributed by atoms with E-state index in [1.807, 2.05) is 6.07 Å². The molecule has 0 spiro atoms. The van der Waals surface area contributed by atoms with E-state index >= 15 is 0 Å². The summed E-state index contributed by atoms with van der Waals surface area (Å²) in [6, 6.07) is 8.97. The second kappa shape index (κ2) is 3.86. The van der Waals surface area contributed by atoms with Gasteiger partial charge in [-0.15, -0.1) is 0 Å². The molecule has 1 aliphatic heterocycles. The van der Waals surface area contributed by atoms with Crippen molar-refractivity contribution in [2.75, 3.05) is 7.11 Å². The van der Waals surface area contributed by atoms with Gasteiger partial charge < -0.3 is 10.1 Å². The van der Waals surface area contributed by atoms with Crippen LogP contribution < -0.4 is 10.1 Å². The zero-order valence-electron chi connectivity index (χ0n) is 9.71. The second-order valence-corrected chi connectivity index (χ2v) is 4.65. The summed E-state index contributed by atoms with van der Waals surface area (Å²) in [7, 11) is 1.71. The lowest BCUT2D eigenvalue weighted by Gasteiger charge is -2.26. The Hall–Kier alpha value is -1.02. The van der Waals surface area contributed by atoms with Crippen LogP contribution in [-0.4, -0.2) is 13.2 Å². The summed E-state index contributed by atoms with van der Waals surface area (Å²) in [4.78, 5) is 0. The predicted molar refractivity (Wildman–Crippen MR) is 62.2 cm³/mol. The van der Waals surface area contributed by atoms with Crippen molar-refractivity contribution >= 4 is 0 Å². The van der Waals surface area contributed by atoms with Crippen LogP contribution in [0.5, 0.6) is 5.75 Å². The van der Waals surface area contributed by atoms with Crippen molar-refractivity contribution < 1.29 is 4.74 Å². The molecule has 1 aromatic carbocycles. The largest absolute Gasteiger partial charge is 0.497 e. The molecule has 0 aromatic heterocycles. The Bertz CT molecular complexity index is 350. The molecule has 0 aliphatic carbocycles. The Kier molecular flexibility index (Phi) is 2.70. The molecule has 0 radical (unpaired) electrons. The minimum Gasteiger partial charge on any atom is -0.497 e. The highest BCUT2D eigenvalue weighted by atomic mass is 16.5. The fourth-order valence-electron chi connectivity index (χ4n) is 2.39. The Balaban J connectivity index is 2.28. The minimum absolute atomic E-state index is 0.119. The fourth-order valence-corrected chi connectivity index (χ4v) is 2.39. The standard InChI is InChI=1S/C13H19NO/c1-10-7-8-13(2,14-10)11-5-4-6-12(9-11)15-3/h4-6,9-10,14H,7-8H2,1-3H3. The van der Waals surface area contributed by atoms with E-state index in [1.165, 1.54) is 18.4 Å². The first kappa shape index (κ1) is 10.5. The molecule has 0 amide bonds. The number of ether oxygens (including phenoxy) is 1. The average Bonchev–Trinajstić information content (AvgIpc) is 2.60. The van der Waals surface area contributed by atoms with Gasteiger partial charge in [0.1, 0.15) is 5.75 Å². The number of benzene rings is 1. The van der Waals surface area contributed by atoms with Gasteiger partial charge in [-0.05, 0) is 44.4 Å². The van der Waals surface area contributed by atoms with Crippen molar-refractivity contribution in [2.24, 2.45) is 0 Å². The topological polar surface area (TPSA) is 21.3 Å². The second-order valence-electron chi connectivity index (χ2n) is 4.65. The molecular weight excluding hydrogens is 186 g/mol. The molecule has 1 heterocycles. The summed E-state index contributed by atoms with van der Waals surface area (Å²) in [5.41, 5.74) is 1.44. The Morgan fingerprint density at radius 3 is 2.87 bits per heavy atom. The van der Waals surface area contributed by atoms with Gasteiger partial charge in [-0.25, -0.2) is 0 Å². The van der Waals surface area contributed by atoms with Gasteiger partial charge in [0.15, 0.2) is 0 Å². The lowest BCUT2D eigenvalue weighted by Crippen LogP contribution is -2.36. The molecule has 2 unspecified atom stereocenters. The third-order valence-corrected chi connectivity index (χ3v) is 3.35.